The van der Waals surface area contributed by atoms with Gasteiger partial charge in [0.2, 0.25) is 0 Å². The van der Waals surface area contributed by atoms with Crippen molar-refractivity contribution in [2.75, 3.05) is 0 Å². The summed E-state index contributed by atoms with van der Waals surface area (Å²) in [6.07, 6.45) is 0.351. The molecule has 0 saturated heterocycles. The van der Waals surface area contributed by atoms with Gasteiger partial charge in [-0.3, -0.25) is 0 Å². The predicted octanol–water partition coefficient (Wildman–Crippen LogP) is 1.07. The monoisotopic (exact) mass is 178 g/mol. The molecule has 2 rings (SSSR count). The third kappa shape index (κ3) is 1.41. The predicted molar refractivity (Wildman–Crippen MR) is 45.5 cm³/mol. The van der Waals surface area contributed by atoms with Crippen molar-refractivity contribution >= 4 is 19.0 Å². The van der Waals surface area contributed by atoms with E-state index in [1.807, 2.05) is 0 Å². The molecule has 0 unspecified atom stereocenters. The molecule has 0 bridgehead atoms. The Morgan fingerprint density at radius 2 is 2.23 bits per heavy atom. The maximum absolute atomic E-state index is 12.2. The zero-order valence-electron chi connectivity index (χ0n) is 6.61. The number of fused-ring (bicyclic) bond motifs is 1. The van der Waals surface area contributed by atoms with Crippen molar-refractivity contribution in [1.82, 2.24) is 9.38 Å². The Labute approximate surface area is 74.6 Å². The second kappa shape index (κ2) is 2.83. The summed E-state index contributed by atoms with van der Waals surface area (Å²) in [5, 5.41) is 0. The van der Waals surface area contributed by atoms with Crippen LogP contribution in [0.4, 0.5) is 8.78 Å². The smallest absolute Gasteiger partial charge is 0.281 e. The SMILES string of the molecule is [B]c1ccn2cc(C(F)F)nc2c1. The molecule has 0 amide bonds. The van der Waals surface area contributed by atoms with Gasteiger partial charge in [0, 0.05) is 12.4 Å². The number of aromatic nitrogens is 2. The Bertz CT molecular complexity index is 439. The van der Waals surface area contributed by atoms with E-state index in [-0.39, 0.29) is 5.69 Å². The van der Waals surface area contributed by atoms with Gasteiger partial charge in [0.25, 0.3) is 6.43 Å². The second-order valence-electron chi connectivity index (χ2n) is 2.69. The number of hydrogen-bond donors (Lipinski definition) is 0. The summed E-state index contributed by atoms with van der Waals surface area (Å²) in [5.74, 6) is 0. The first kappa shape index (κ1) is 8.22. The first-order valence-electron chi connectivity index (χ1n) is 3.69. The summed E-state index contributed by atoms with van der Waals surface area (Å²) in [6, 6.07) is 3.18. The maximum Gasteiger partial charge on any atom is 0.281 e. The third-order valence-corrected chi connectivity index (χ3v) is 1.73. The molecule has 64 valence electrons. The average Bonchev–Trinajstić information content (AvgIpc) is 2.46. The number of alkyl halides is 2. The molecular formula is C8H5BF2N2. The lowest BCUT2D eigenvalue weighted by Gasteiger charge is -1.92. The summed E-state index contributed by atoms with van der Waals surface area (Å²) in [6.45, 7) is 0. The quantitative estimate of drug-likeness (QED) is 0.596. The summed E-state index contributed by atoms with van der Waals surface area (Å²) in [4.78, 5) is 3.71. The Morgan fingerprint density at radius 1 is 1.46 bits per heavy atom. The van der Waals surface area contributed by atoms with Crippen LogP contribution >= 0.6 is 0 Å². The molecular weight excluding hydrogens is 173 g/mol. The molecule has 0 atom stereocenters. The van der Waals surface area contributed by atoms with Gasteiger partial charge in [0.05, 0.1) is 0 Å². The van der Waals surface area contributed by atoms with Crippen molar-refractivity contribution in [2.24, 2.45) is 0 Å². The normalized spacial score (nSPS) is 11.3. The van der Waals surface area contributed by atoms with Gasteiger partial charge >= 0.3 is 0 Å². The molecule has 13 heavy (non-hydrogen) atoms. The fourth-order valence-corrected chi connectivity index (χ4v) is 1.12. The van der Waals surface area contributed by atoms with Crippen LogP contribution in [0.15, 0.2) is 24.5 Å². The minimum absolute atomic E-state index is 0.231. The van der Waals surface area contributed by atoms with Crippen molar-refractivity contribution in [1.29, 1.82) is 0 Å². The summed E-state index contributed by atoms with van der Waals surface area (Å²) >= 11 is 0. The summed E-state index contributed by atoms with van der Waals surface area (Å²) in [5.41, 5.74) is 0.722. The van der Waals surface area contributed by atoms with E-state index in [0.29, 0.717) is 11.1 Å². The minimum Gasteiger partial charge on any atom is -0.307 e. The molecule has 0 fully saturated rings. The number of hydrogen-bond acceptors (Lipinski definition) is 1. The van der Waals surface area contributed by atoms with E-state index in [1.165, 1.54) is 10.6 Å². The number of rotatable bonds is 1. The molecule has 2 aromatic heterocycles. The fourth-order valence-electron chi connectivity index (χ4n) is 1.12. The van der Waals surface area contributed by atoms with Gasteiger partial charge in [-0.05, 0) is 6.07 Å². The summed E-state index contributed by atoms with van der Waals surface area (Å²) in [7, 11) is 5.47. The first-order chi connectivity index (χ1) is 6.16. The highest BCUT2D eigenvalue weighted by Gasteiger charge is 2.11. The van der Waals surface area contributed by atoms with Crippen LogP contribution in [-0.4, -0.2) is 17.2 Å². The topological polar surface area (TPSA) is 17.3 Å². The highest BCUT2D eigenvalue weighted by molar-refractivity contribution is 6.32. The van der Waals surface area contributed by atoms with Crippen LogP contribution in [0.3, 0.4) is 0 Å². The van der Waals surface area contributed by atoms with Crippen LogP contribution in [0.2, 0.25) is 0 Å². The molecule has 2 nitrogen and oxygen atoms in total. The van der Waals surface area contributed by atoms with Gasteiger partial charge in [-0.1, -0.05) is 11.5 Å². The van der Waals surface area contributed by atoms with Crippen molar-refractivity contribution < 1.29 is 8.78 Å². The third-order valence-electron chi connectivity index (χ3n) is 1.73. The van der Waals surface area contributed by atoms with Gasteiger partial charge in [-0.15, -0.1) is 0 Å². The molecule has 0 aliphatic carbocycles. The maximum atomic E-state index is 12.2. The molecule has 0 spiro atoms. The molecule has 0 aromatic carbocycles. The van der Waals surface area contributed by atoms with Crippen LogP contribution in [0.5, 0.6) is 0 Å². The number of pyridine rings is 1. The second-order valence-corrected chi connectivity index (χ2v) is 2.69. The molecule has 2 heterocycles. The molecule has 0 saturated carbocycles. The van der Waals surface area contributed by atoms with E-state index >= 15 is 0 Å². The highest BCUT2D eigenvalue weighted by Crippen LogP contribution is 2.17. The van der Waals surface area contributed by atoms with E-state index in [2.05, 4.69) is 4.98 Å². The minimum atomic E-state index is -2.54. The Balaban J connectivity index is 2.62. The van der Waals surface area contributed by atoms with E-state index in [1.54, 1.807) is 18.3 Å². The number of halogens is 2. The Hall–Kier alpha value is -1.39. The number of nitrogens with zero attached hydrogens (tertiary/aromatic N) is 2. The van der Waals surface area contributed by atoms with Crippen LogP contribution in [0, 0.1) is 0 Å². The van der Waals surface area contributed by atoms with Crippen LogP contribution in [0.1, 0.15) is 12.1 Å². The standard InChI is InChI=1S/C8H5BF2N2/c9-5-1-2-13-4-6(8(10)11)12-7(13)3-5/h1-4,8H. The van der Waals surface area contributed by atoms with E-state index < -0.39 is 6.43 Å². The van der Waals surface area contributed by atoms with Crippen LogP contribution in [-0.2, 0) is 0 Å². The van der Waals surface area contributed by atoms with Gasteiger partial charge < -0.3 is 4.40 Å². The molecule has 0 aliphatic heterocycles. The zero-order valence-corrected chi connectivity index (χ0v) is 6.61. The lowest BCUT2D eigenvalue weighted by molar-refractivity contribution is 0.147. The fraction of sp³-hybridized carbons (Fsp3) is 0.125. The van der Waals surface area contributed by atoms with Crippen molar-refractivity contribution in [3.63, 3.8) is 0 Å². The van der Waals surface area contributed by atoms with Crippen molar-refractivity contribution in [3.8, 4) is 0 Å². The lowest BCUT2D eigenvalue weighted by atomic mass is 9.98. The Morgan fingerprint density at radius 3 is 2.92 bits per heavy atom. The van der Waals surface area contributed by atoms with Crippen LogP contribution < -0.4 is 5.46 Å². The average molecular weight is 178 g/mol. The van der Waals surface area contributed by atoms with Gasteiger partial charge in [0.15, 0.2) is 0 Å². The largest absolute Gasteiger partial charge is 0.307 e. The lowest BCUT2D eigenvalue weighted by Crippen LogP contribution is -2.01. The van der Waals surface area contributed by atoms with Gasteiger partial charge in [-0.25, -0.2) is 13.8 Å². The Kier molecular flexibility index (Phi) is 1.79. The molecule has 2 aromatic rings. The van der Waals surface area contributed by atoms with Crippen molar-refractivity contribution in [2.45, 2.75) is 6.43 Å². The molecule has 0 aliphatic rings. The van der Waals surface area contributed by atoms with E-state index in [9.17, 15) is 8.78 Å². The van der Waals surface area contributed by atoms with E-state index in [4.69, 9.17) is 7.85 Å². The highest BCUT2D eigenvalue weighted by atomic mass is 19.3. The zero-order chi connectivity index (χ0) is 9.42. The summed E-state index contributed by atoms with van der Waals surface area (Å²) < 4.78 is 25.9. The number of imidazole rings is 1. The first-order valence-corrected chi connectivity index (χ1v) is 3.69. The molecule has 2 radical (unpaired) electrons. The van der Waals surface area contributed by atoms with Gasteiger partial charge in [0.1, 0.15) is 19.2 Å². The van der Waals surface area contributed by atoms with E-state index in [0.717, 1.165) is 0 Å². The molecule has 0 N–H and O–H groups in total. The van der Waals surface area contributed by atoms with Gasteiger partial charge in [-0.2, -0.15) is 0 Å². The van der Waals surface area contributed by atoms with Crippen molar-refractivity contribution in [3.05, 3.63) is 30.2 Å². The van der Waals surface area contributed by atoms with Crippen LogP contribution in [0.25, 0.3) is 5.65 Å². The molecule has 5 heteroatoms.